The molecular weight excluding hydrogens is 398 g/mol. The number of esters is 1. The highest BCUT2D eigenvalue weighted by Gasteiger charge is 2.37. The van der Waals surface area contributed by atoms with Crippen molar-refractivity contribution >= 4 is 40.8 Å². The zero-order chi connectivity index (χ0) is 22.1. The first kappa shape index (κ1) is 19.8. The van der Waals surface area contributed by atoms with Crippen LogP contribution in [0.1, 0.15) is 41.4 Å². The molecule has 1 aliphatic heterocycles. The Bertz CT molecular complexity index is 1230. The number of nitrogen functional groups attached to an aromatic ring is 1. The maximum atomic E-state index is 12.9. The predicted octanol–water partition coefficient (Wildman–Crippen LogP) is 3.11. The van der Waals surface area contributed by atoms with Crippen LogP contribution in [-0.4, -0.2) is 30.8 Å². The molecule has 0 bridgehead atoms. The van der Waals surface area contributed by atoms with E-state index in [0.29, 0.717) is 22.6 Å². The molecule has 0 aromatic heterocycles. The number of carbonyl (C=O) groups is 4. The van der Waals surface area contributed by atoms with Crippen molar-refractivity contribution in [1.29, 1.82) is 0 Å². The second-order valence-electron chi connectivity index (χ2n) is 6.82. The van der Waals surface area contributed by atoms with Crippen molar-refractivity contribution in [3.05, 3.63) is 89.0 Å². The lowest BCUT2D eigenvalue weighted by molar-refractivity contribution is 0.0600. The third-order valence-corrected chi connectivity index (χ3v) is 4.84. The van der Waals surface area contributed by atoms with E-state index in [1.165, 1.54) is 43.5 Å². The van der Waals surface area contributed by atoms with Gasteiger partial charge in [0.05, 0.1) is 29.5 Å². The summed E-state index contributed by atoms with van der Waals surface area (Å²) >= 11 is 0. The van der Waals surface area contributed by atoms with Gasteiger partial charge in [0.2, 0.25) is 0 Å². The van der Waals surface area contributed by atoms with Crippen LogP contribution < -0.4 is 16.0 Å². The molecule has 4 rings (SSSR count). The summed E-state index contributed by atoms with van der Waals surface area (Å²) in [6, 6.07) is 17.0. The molecule has 0 atom stereocenters. The zero-order valence-electron chi connectivity index (χ0n) is 16.4. The van der Waals surface area contributed by atoms with Crippen molar-refractivity contribution in [2.75, 3.05) is 23.1 Å². The number of anilines is 3. The highest BCUT2D eigenvalue weighted by molar-refractivity contribution is 6.34. The molecular formula is C23H17N3O5. The molecule has 8 nitrogen and oxygen atoms in total. The topological polar surface area (TPSA) is 119 Å². The first-order valence-electron chi connectivity index (χ1n) is 9.27. The Morgan fingerprint density at radius 1 is 0.871 bits per heavy atom. The summed E-state index contributed by atoms with van der Waals surface area (Å²) in [6.45, 7) is 0. The van der Waals surface area contributed by atoms with E-state index >= 15 is 0 Å². The van der Waals surface area contributed by atoms with Crippen LogP contribution in [0.5, 0.6) is 0 Å². The monoisotopic (exact) mass is 415 g/mol. The molecule has 31 heavy (non-hydrogen) atoms. The minimum Gasteiger partial charge on any atom is -0.465 e. The number of fused-ring (bicyclic) bond motifs is 1. The molecule has 3 N–H and O–H groups in total. The second-order valence-corrected chi connectivity index (χ2v) is 6.82. The molecule has 1 heterocycles. The first-order valence-corrected chi connectivity index (χ1v) is 9.27. The molecule has 0 aliphatic carbocycles. The summed E-state index contributed by atoms with van der Waals surface area (Å²) in [4.78, 5) is 50.8. The van der Waals surface area contributed by atoms with E-state index in [4.69, 9.17) is 5.73 Å². The lowest BCUT2D eigenvalue weighted by Crippen LogP contribution is -2.29. The molecule has 1 aliphatic rings. The number of amides is 3. The third-order valence-electron chi connectivity index (χ3n) is 4.84. The van der Waals surface area contributed by atoms with Gasteiger partial charge in [0.25, 0.3) is 17.7 Å². The average molecular weight is 415 g/mol. The third kappa shape index (κ3) is 3.62. The van der Waals surface area contributed by atoms with Gasteiger partial charge in [-0.25, -0.2) is 9.69 Å². The fourth-order valence-corrected chi connectivity index (χ4v) is 3.29. The van der Waals surface area contributed by atoms with Crippen molar-refractivity contribution in [3.63, 3.8) is 0 Å². The largest absolute Gasteiger partial charge is 0.465 e. The number of nitrogens with zero attached hydrogens (tertiary/aromatic N) is 1. The normalized spacial score (nSPS) is 12.5. The van der Waals surface area contributed by atoms with Crippen molar-refractivity contribution in [3.8, 4) is 0 Å². The van der Waals surface area contributed by atoms with Crippen LogP contribution in [0.15, 0.2) is 66.7 Å². The van der Waals surface area contributed by atoms with Gasteiger partial charge in [0, 0.05) is 16.9 Å². The van der Waals surface area contributed by atoms with E-state index in [0.717, 1.165) is 4.90 Å². The summed E-state index contributed by atoms with van der Waals surface area (Å²) in [5.41, 5.74) is 7.93. The molecule has 0 saturated carbocycles. The highest BCUT2D eigenvalue weighted by atomic mass is 16.5. The SMILES string of the molecule is COC(=O)c1ccc(NC(=O)c2ccc3c(c2)C(=O)N(c2cccc(N)c2)C3=O)cc1. The van der Waals surface area contributed by atoms with Gasteiger partial charge in [-0.2, -0.15) is 0 Å². The fourth-order valence-electron chi connectivity index (χ4n) is 3.29. The van der Waals surface area contributed by atoms with Crippen molar-refractivity contribution in [1.82, 2.24) is 0 Å². The van der Waals surface area contributed by atoms with Gasteiger partial charge in [-0.1, -0.05) is 6.07 Å². The van der Waals surface area contributed by atoms with Crippen molar-refractivity contribution < 1.29 is 23.9 Å². The maximum absolute atomic E-state index is 12.9. The lowest BCUT2D eigenvalue weighted by Gasteiger charge is -2.14. The van der Waals surface area contributed by atoms with E-state index < -0.39 is 23.7 Å². The second kappa shape index (κ2) is 7.75. The Hall–Kier alpha value is -4.46. The predicted molar refractivity (Wildman–Crippen MR) is 114 cm³/mol. The van der Waals surface area contributed by atoms with Crippen LogP contribution in [-0.2, 0) is 4.74 Å². The number of imide groups is 1. The highest BCUT2D eigenvalue weighted by Crippen LogP contribution is 2.30. The summed E-state index contributed by atoms with van der Waals surface area (Å²) < 4.78 is 4.64. The Kier molecular flexibility index (Phi) is 4.96. The molecule has 0 spiro atoms. The molecule has 8 heteroatoms. The van der Waals surface area contributed by atoms with Crippen LogP contribution in [0.25, 0.3) is 0 Å². The van der Waals surface area contributed by atoms with Gasteiger partial charge in [0.1, 0.15) is 0 Å². The van der Waals surface area contributed by atoms with Gasteiger partial charge < -0.3 is 15.8 Å². The van der Waals surface area contributed by atoms with Crippen molar-refractivity contribution in [2.45, 2.75) is 0 Å². The average Bonchev–Trinajstić information content (AvgIpc) is 3.03. The number of rotatable bonds is 4. The Balaban J connectivity index is 1.57. The Labute approximate surface area is 177 Å². The van der Waals surface area contributed by atoms with Crippen LogP contribution >= 0.6 is 0 Å². The minimum atomic E-state index is -0.525. The molecule has 0 fully saturated rings. The van der Waals surface area contributed by atoms with Gasteiger partial charge in [0.15, 0.2) is 0 Å². The van der Waals surface area contributed by atoms with Crippen molar-refractivity contribution in [2.24, 2.45) is 0 Å². The van der Waals surface area contributed by atoms with E-state index in [2.05, 4.69) is 10.1 Å². The van der Waals surface area contributed by atoms with Crippen LogP contribution in [0.3, 0.4) is 0 Å². The molecule has 154 valence electrons. The number of nitrogens with two attached hydrogens (primary N) is 1. The first-order chi connectivity index (χ1) is 14.9. The van der Waals surface area contributed by atoms with Crippen LogP contribution in [0.4, 0.5) is 17.1 Å². The zero-order valence-corrected chi connectivity index (χ0v) is 16.4. The van der Waals surface area contributed by atoms with Gasteiger partial charge >= 0.3 is 5.97 Å². The maximum Gasteiger partial charge on any atom is 0.337 e. The number of benzene rings is 3. The lowest BCUT2D eigenvalue weighted by atomic mass is 10.1. The fraction of sp³-hybridized carbons (Fsp3) is 0.0435. The summed E-state index contributed by atoms with van der Waals surface area (Å²) in [5.74, 6) is -1.95. The summed E-state index contributed by atoms with van der Waals surface area (Å²) in [7, 11) is 1.28. The quantitative estimate of drug-likeness (QED) is 0.384. The van der Waals surface area contributed by atoms with Gasteiger partial charge in [-0.3, -0.25) is 14.4 Å². The molecule has 3 aromatic rings. The number of nitrogens with one attached hydrogen (secondary N) is 1. The number of carbonyl (C=O) groups excluding carboxylic acids is 4. The summed E-state index contributed by atoms with van der Waals surface area (Å²) in [6.07, 6.45) is 0. The van der Waals surface area contributed by atoms with Crippen LogP contribution in [0, 0.1) is 0 Å². The Morgan fingerprint density at radius 2 is 1.55 bits per heavy atom. The molecule has 0 saturated heterocycles. The van der Waals surface area contributed by atoms with E-state index in [9.17, 15) is 19.2 Å². The number of hydrogen-bond donors (Lipinski definition) is 2. The smallest absolute Gasteiger partial charge is 0.337 e. The van der Waals surface area contributed by atoms with E-state index in [1.54, 1.807) is 30.3 Å². The number of methoxy groups -OCH3 is 1. The molecule has 0 radical (unpaired) electrons. The van der Waals surface area contributed by atoms with Crippen LogP contribution in [0.2, 0.25) is 0 Å². The minimum absolute atomic E-state index is 0.140. The summed E-state index contributed by atoms with van der Waals surface area (Å²) in [5, 5.41) is 2.69. The Morgan fingerprint density at radius 3 is 2.23 bits per heavy atom. The van der Waals surface area contributed by atoms with Gasteiger partial charge in [-0.05, 0) is 60.7 Å². The molecule has 3 amide bonds. The number of hydrogen-bond acceptors (Lipinski definition) is 6. The molecule has 0 unspecified atom stereocenters. The van der Waals surface area contributed by atoms with Gasteiger partial charge in [-0.15, -0.1) is 0 Å². The van der Waals surface area contributed by atoms with E-state index in [1.807, 2.05) is 0 Å². The number of ether oxygens (including phenoxy) is 1. The standard InChI is InChI=1S/C23H17N3O5/c1-31-23(30)13-5-8-16(9-6-13)25-20(27)14-7-10-18-19(11-14)22(29)26(21(18)28)17-4-2-3-15(24)12-17/h2-12H,24H2,1H3,(H,25,27). The molecule has 3 aromatic carbocycles. The van der Waals surface area contributed by atoms with E-state index in [-0.39, 0.29) is 16.7 Å².